The zero-order chi connectivity index (χ0) is 13.5. The highest BCUT2D eigenvalue weighted by molar-refractivity contribution is 6.42. The highest BCUT2D eigenvalue weighted by atomic mass is 35.5. The Morgan fingerprint density at radius 1 is 1.39 bits per heavy atom. The van der Waals surface area contributed by atoms with Crippen molar-refractivity contribution in [3.8, 4) is 0 Å². The van der Waals surface area contributed by atoms with Crippen LogP contribution in [0.25, 0.3) is 0 Å². The molecule has 0 aliphatic rings. The molecule has 1 N–H and O–H groups in total. The molecule has 18 heavy (non-hydrogen) atoms. The minimum absolute atomic E-state index is 0.107. The Bertz CT molecular complexity index is 412. The Labute approximate surface area is 121 Å². The number of halogens is 3. The van der Waals surface area contributed by atoms with Crippen molar-refractivity contribution in [3.05, 3.63) is 33.8 Å². The van der Waals surface area contributed by atoms with Crippen LogP contribution in [0.15, 0.2) is 18.2 Å². The van der Waals surface area contributed by atoms with Gasteiger partial charge in [-0.25, -0.2) is 0 Å². The first-order valence-corrected chi connectivity index (χ1v) is 6.60. The molecule has 3 nitrogen and oxygen atoms in total. The minimum Gasteiger partial charge on any atom is -0.383 e. The van der Waals surface area contributed by atoms with Gasteiger partial charge >= 0.3 is 0 Å². The number of amides is 1. The second-order valence-electron chi connectivity index (χ2n) is 3.73. The SMILES string of the molecule is COCC(Cl)CCNC(=O)c1ccc(Cl)c(Cl)c1. The van der Waals surface area contributed by atoms with E-state index < -0.39 is 0 Å². The summed E-state index contributed by atoms with van der Waals surface area (Å²) >= 11 is 17.5. The monoisotopic (exact) mass is 309 g/mol. The van der Waals surface area contributed by atoms with E-state index in [1.165, 1.54) is 6.07 Å². The van der Waals surface area contributed by atoms with E-state index in [9.17, 15) is 4.79 Å². The first-order chi connectivity index (χ1) is 8.54. The zero-order valence-corrected chi connectivity index (χ0v) is 12.1. The van der Waals surface area contributed by atoms with Gasteiger partial charge in [-0.15, -0.1) is 11.6 Å². The van der Waals surface area contributed by atoms with Gasteiger partial charge in [0.25, 0.3) is 5.91 Å². The van der Waals surface area contributed by atoms with Crippen molar-refractivity contribution < 1.29 is 9.53 Å². The van der Waals surface area contributed by atoms with Crippen LogP contribution >= 0.6 is 34.8 Å². The summed E-state index contributed by atoms with van der Waals surface area (Å²) in [5.74, 6) is -0.199. The Morgan fingerprint density at radius 3 is 2.72 bits per heavy atom. The van der Waals surface area contributed by atoms with Gasteiger partial charge in [0.15, 0.2) is 0 Å². The van der Waals surface area contributed by atoms with Crippen LogP contribution in [-0.4, -0.2) is 31.5 Å². The molecule has 1 unspecified atom stereocenters. The quantitative estimate of drug-likeness (QED) is 0.818. The smallest absolute Gasteiger partial charge is 0.251 e. The molecule has 0 spiro atoms. The van der Waals surface area contributed by atoms with E-state index in [-0.39, 0.29) is 11.3 Å². The molecule has 0 aliphatic heterocycles. The molecule has 0 saturated carbocycles. The molecular weight excluding hydrogens is 296 g/mol. The van der Waals surface area contributed by atoms with Crippen LogP contribution in [0.2, 0.25) is 10.0 Å². The third-order valence-corrected chi connectivity index (χ3v) is 3.36. The van der Waals surface area contributed by atoms with Crippen LogP contribution in [0.4, 0.5) is 0 Å². The number of hydrogen-bond donors (Lipinski definition) is 1. The number of rotatable bonds is 6. The number of benzene rings is 1. The molecule has 1 aromatic rings. The summed E-state index contributed by atoms with van der Waals surface area (Å²) in [5, 5.41) is 3.43. The predicted octanol–water partition coefficient (Wildman–Crippen LogP) is 3.37. The molecule has 0 radical (unpaired) electrons. The van der Waals surface area contributed by atoms with E-state index in [0.717, 1.165) is 0 Å². The van der Waals surface area contributed by atoms with E-state index in [4.69, 9.17) is 39.5 Å². The maximum Gasteiger partial charge on any atom is 0.251 e. The van der Waals surface area contributed by atoms with Crippen molar-refractivity contribution in [2.24, 2.45) is 0 Å². The lowest BCUT2D eigenvalue weighted by Crippen LogP contribution is -2.27. The second kappa shape index (κ2) is 7.85. The summed E-state index contributed by atoms with van der Waals surface area (Å²) in [5.41, 5.74) is 0.474. The molecule has 0 aliphatic carbocycles. The second-order valence-corrected chi connectivity index (χ2v) is 5.16. The van der Waals surface area contributed by atoms with Crippen LogP contribution < -0.4 is 5.32 Å². The maximum absolute atomic E-state index is 11.8. The molecule has 0 bridgehead atoms. The van der Waals surface area contributed by atoms with Crippen molar-refractivity contribution in [1.82, 2.24) is 5.32 Å². The van der Waals surface area contributed by atoms with E-state index in [1.54, 1.807) is 19.2 Å². The van der Waals surface area contributed by atoms with Gasteiger partial charge in [-0.2, -0.15) is 0 Å². The topological polar surface area (TPSA) is 38.3 Å². The lowest BCUT2D eigenvalue weighted by molar-refractivity contribution is 0.0951. The largest absolute Gasteiger partial charge is 0.383 e. The van der Waals surface area contributed by atoms with Gasteiger partial charge in [-0.3, -0.25) is 4.79 Å². The first kappa shape index (κ1) is 15.6. The molecule has 0 aromatic heterocycles. The molecule has 1 atom stereocenters. The fourth-order valence-corrected chi connectivity index (χ4v) is 1.88. The molecular formula is C12H14Cl3NO2. The third kappa shape index (κ3) is 5.02. The van der Waals surface area contributed by atoms with Gasteiger partial charge in [0.1, 0.15) is 0 Å². The Kier molecular flexibility index (Phi) is 6.79. The number of nitrogens with one attached hydrogen (secondary N) is 1. The van der Waals surface area contributed by atoms with Crippen molar-refractivity contribution in [2.75, 3.05) is 20.3 Å². The summed E-state index contributed by atoms with van der Waals surface area (Å²) < 4.78 is 4.90. The molecule has 0 heterocycles. The van der Waals surface area contributed by atoms with E-state index in [0.29, 0.717) is 35.2 Å². The maximum atomic E-state index is 11.8. The molecule has 1 amide bonds. The Balaban J connectivity index is 2.43. The first-order valence-electron chi connectivity index (χ1n) is 5.41. The van der Waals surface area contributed by atoms with E-state index >= 15 is 0 Å². The van der Waals surface area contributed by atoms with Gasteiger partial charge in [0, 0.05) is 19.2 Å². The van der Waals surface area contributed by atoms with Crippen molar-refractivity contribution >= 4 is 40.7 Å². The molecule has 0 saturated heterocycles. The third-order valence-electron chi connectivity index (χ3n) is 2.27. The van der Waals surface area contributed by atoms with Crippen LogP contribution in [0.5, 0.6) is 0 Å². The van der Waals surface area contributed by atoms with Gasteiger partial charge in [-0.05, 0) is 24.6 Å². The summed E-state index contributed by atoms with van der Waals surface area (Å²) in [7, 11) is 1.59. The molecule has 0 fully saturated rings. The number of carbonyl (C=O) groups excluding carboxylic acids is 1. The number of hydrogen-bond acceptors (Lipinski definition) is 2. The molecule has 6 heteroatoms. The number of methoxy groups -OCH3 is 1. The van der Waals surface area contributed by atoms with Crippen molar-refractivity contribution in [2.45, 2.75) is 11.8 Å². The summed E-state index contributed by atoms with van der Waals surface area (Å²) in [4.78, 5) is 11.8. The predicted molar refractivity (Wildman–Crippen MR) is 74.9 cm³/mol. The Morgan fingerprint density at radius 2 is 2.11 bits per heavy atom. The fraction of sp³-hybridized carbons (Fsp3) is 0.417. The average Bonchev–Trinajstić information content (AvgIpc) is 2.33. The van der Waals surface area contributed by atoms with Crippen molar-refractivity contribution in [1.29, 1.82) is 0 Å². The number of alkyl halides is 1. The number of carbonyl (C=O) groups is 1. The molecule has 100 valence electrons. The average molecular weight is 311 g/mol. The molecule has 1 aromatic carbocycles. The highest BCUT2D eigenvalue weighted by Crippen LogP contribution is 2.22. The van der Waals surface area contributed by atoms with Crippen LogP contribution in [-0.2, 0) is 4.74 Å². The van der Waals surface area contributed by atoms with Crippen LogP contribution in [0.3, 0.4) is 0 Å². The number of ether oxygens (including phenoxy) is 1. The highest BCUT2D eigenvalue weighted by Gasteiger charge is 2.09. The zero-order valence-electron chi connectivity index (χ0n) is 9.88. The Hall–Kier alpha value is -0.480. The lowest BCUT2D eigenvalue weighted by atomic mass is 10.2. The van der Waals surface area contributed by atoms with Crippen LogP contribution in [0, 0.1) is 0 Å². The molecule has 1 rings (SSSR count). The summed E-state index contributed by atoms with van der Waals surface area (Å²) in [6, 6.07) is 4.75. The van der Waals surface area contributed by atoms with E-state index in [1.807, 2.05) is 0 Å². The van der Waals surface area contributed by atoms with Crippen molar-refractivity contribution in [3.63, 3.8) is 0 Å². The van der Waals surface area contributed by atoms with Gasteiger partial charge in [0.2, 0.25) is 0 Å². The fourth-order valence-electron chi connectivity index (χ4n) is 1.35. The standard InChI is InChI=1S/C12H14Cl3NO2/c1-18-7-9(13)4-5-16-12(17)8-2-3-10(14)11(15)6-8/h2-3,6,9H,4-5,7H2,1H3,(H,16,17). The lowest BCUT2D eigenvalue weighted by Gasteiger charge is -2.09. The van der Waals surface area contributed by atoms with Gasteiger partial charge < -0.3 is 10.1 Å². The summed E-state index contributed by atoms with van der Waals surface area (Å²) in [6.07, 6.45) is 0.641. The van der Waals surface area contributed by atoms with Gasteiger partial charge in [0.05, 0.1) is 22.0 Å². The van der Waals surface area contributed by atoms with Crippen LogP contribution in [0.1, 0.15) is 16.8 Å². The van der Waals surface area contributed by atoms with Gasteiger partial charge in [-0.1, -0.05) is 23.2 Å². The normalized spacial score (nSPS) is 12.2. The minimum atomic E-state index is -0.199. The van der Waals surface area contributed by atoms with E-state index in [2.05, 4.69) is 5.32 Å². The summed E-state index contributed by atoms with van der Waals surface area (Å²) in [6.45, 7) is 0.945.